The molecule has 0 saturated heterocycles. The lowest BCUT2D eigenvalue weighted by molar-refractivity contribution is 0.0756. The highest BCUT2D eigenvalue weighted by molar-refractivity contribution is 6.36. The molecule has 0 saturated carbocycles. The van der Waals surface area contributed by atoms with Crippen molar-refractivity contribution in [2.75, 3.05) is 35.5 Å². The number of ether oxygens (including phenoxy) is 7. The summed E-state index contributed by atoms with van der Waals surface area (Å²) in [6.45, 7) is 2.36. The van der Waals surface area contributed by atoms with Gasteiger partial charge in [-0.25, -0.2) is 0 Å². The summed E-state index contributed by atoms with van der Waals surface area (Å²) in [5, 5.41) is 19.1. The predicted octanol–water partition coefficient (Wildman–Crippen LogP) is 17.5. The SMILES string of the molecule is COc1c2c(c(O)c3ncccc13)C(=O)N(Cc1cc(Cl)cc(Cl)c1)C2.COc1ccc(COc2c3c(c(OC)c4cccnc24)CN(Cc2cc(Cl)cc(Cl)c2)C3=O)cc1.COc1ccc(COc2c3c(c(OC)c4cccnc24)CNC3=O)cc1.ClCc1cc(Cl)cc(Cl)c1. The van der Waals surface area contributed by atoms with Crippen LogP contribution in [0.15, 0.2) is 158 Å². The van der Waals surface area contributed by atoms with Crippen molar-refractivity contribution in [2.24, 2.45) is 0 Å². The molecule has 0 unspecified atom stereocenters. The molecule has 3 amide bonds. The predicted molar refractivity (Wildman–Crippen MR) is 378 cm³/mol. The number of nitrogens with zero attached hydrogens (tertiary/aromatic N) is 5. The van der Waals surface area contributed by atoms with Gasteiger partial charge in [-0.2, -0.15) is 0 Å². The van der Waals surface area contributed by atoms with Crippen LogP contribution in [0.3, 0.4) is 0 Å². The number of halogens is 7. The molecule has 0 aliphatic carbocycles. The molecule has 0 fully saturated rings. The summed E-state index contributed by atoms with van der Waals surface area (Å²) >= 11 is 41.4. The van der Waals surface area contributed by atoms with E-state index in [1.165, 1.54) is 0 Å². The number of hydrogen-bond acceptors (Lipinski definition) is 14. The average Bonchev–Trinajstić information content (AvgIpc) is 1.66. The lowest BCUT2D eigenvalue weighted by atomic mass is 10.0. The molecule has 97 heavy (non-hydrogen) atoms. The molecule has 2 N–H and O–H groups in total. The molecule has 0 spiro atoms. The van der Waals surface area contributed by atoms with Crippen molar-refractivity contribution in [2.45, 2.75) is 51.8 Å². The summed E-state index contributed by atoms with van der Waals surface area (Å²) in [5.41, 5.74) is 9.50. The Kier molecular flexibility index (Phi) is 22.1. The number of pyridine rings is 3. The smallest absolute Gasteiger partial charge is 0.258 e. The van der Waals surface area contributed by atoms with Gasteiger partial charge in [-0.05, 0) is 143 Å². The van der Waals surface area contributed by atoms with Gasteiger partial charge in [0.25, 0.3) is 17.7 Å². The lowest BCUT2D eigenvalue weighted by Gasteiger charge is -2.16. The molecule has 6 heterocycles. The number of carbonyl (C=O) groups excluding carboxylic acids is 3. The Labute approximate surface area is 593 Å². The molecule has 24 heteroatoms. The molecule has 11 aromatic rings. The monoisotopic (exact) mass is 1440 g/mol. The fraction of sp³-hybridized carbons (Fsp3) is 0.178. The number of phenolic OH excluding ortho intramolecular Hbond substituents is 1. The highest BCUT2D eigenvalue weighted by atomic mass is 35.5. The molecular formula is C73H59Cl7N6O11. The summed E-state index contributed by atoms with van der Waals surface area (Å²) in [6.07, 6.45) is 4.93. The fourth-order valence-corrected chi connectivity index (χ4v) is 13.6. The zero-order valence-electron chi connectivity index (χ0n) is 52.6. The number of rotatable bonds is 16. The highest BCUT2D eigenvalue weighted by Crippen LogP contribution is 2.47. The molecule has 3 aliphatic rings. The van der Waals surface area contributed by atoms with Crippen LogP contribution in [0.5, 0.6) is 46.0 Å². The van der Waals surface area contributed by atoms with Gasteiger partial charge in [0.05, 0.1) is 65.3 Å². The highest BCUT2D eigenvalue weighted by Gasteiger charge is 2.38. The van der Waals surface area contributed by atoms with Crippen molar-refractivity contribution in [1.29, 1.82) is 0 Å². The van der Waals surface area contributed by atoms with Crippen LogP contribution in [0.2, 0.25) is 30.1 Å². The molecule has 8 aromatic carbocycles. The van der Waals surface area contributed by atoms with Crippen LogP contribution in [0.25, 0.3) is 32.7 Å². The third-order valence-corrected chi connectivity index (χ3v) is 17.6. The summed E-state index contributed by atoms with van der Waals surface area (Å²) < 4.78 is 39.6. The average molecular weight is 1440 g/mol. The van der Waals surface area contributed by atoms with Crippen LogP contribution >= 0.6 is 81.2 Å². The number of fused-ring (bicyclic) bond motifs is 6. The Morgan fingerprint density at radius 1 is 0.433 bits per heavy atom. The number of aromatic nitrogens is 3. The Bertz CT molecular complexity index is 4760. The van der Waals surface area contributed by atoms with Crippen LogP contribution in [0, 0.1) is 0 Å². The zero-order chi connectivity index (χ0) is 68.6. The van der Waals surface area contributed by atoms with Gasteiger partial charge in [0.2, 0.25) is 0 Å². The van der Waals surface area contributed by atoms with Crippen LogP contribution in [0.4, 0.5) is 0 Å². The molecule has 14 rings (SSSR count). The van der Waals surface area contributed by atoms with E-state index in [9.17, 15) is 19.5 Å². The maximum absolute atomic E-state index is 13.7. The first-order chi connectivity index (χ1) is 46.9. The number of aromatic hydroxyl groups is 1. The molecule has 17 nitrogen and oxygen atoms in total. The van der Waals surface area contributed by atoms with Gasteiger partial charge in [-0.15, -0.1) is 11.6 Å². The van der Waals surface area contributed by atoms with Crippen LogP contribution < -0.4 is 38.5 Å². The minimum Gasteiger partial charge on any atom is -0.505 e. The Morgan fingerprint density at radius 3 is 1.22 bits per heavy atom. The largest absolute Gasteiger partial charge is 0.505 e. The maximum atomic E-state index is 13.7. The first-order valence-corrected chi connectivity index (χ1v) is 32.6. The third-order valence-electron chi connectivity index (χ3n) is 15.9. The van der Waals surface area contributed by atoms with E-state index in [2.05, 4.69) is 20.3 Å². The Hall–Kier alpha value is -9.17. The zero-order valence-corrected chi connectivity index (χ0v) is 57.9. The van der Waals surface area contributed by atoms with E-state index in [0.717, 1.165) is 61.2 Å². The van der Waals surface area contributed by atoms with Crippen molar-refractivity contribution in [1.82, 2.24) is 30.1 Å². The molecule has 0 radical (unpaired) electrons. The molecule has 0 atom stereocenters. The number of phenols is 1. The second kappa shape index (κ2) is 30.9. The number of amides is 3. The van der Waals surface area contributed by atoms with E-state index in [4.69, 9.17) is 114 Å². The van der Waals surface area contributed by atoms with Crippen molar-refractivity contribution < 1.29 is 52.6 Å². The van der Waals surface area contributed by atoms with Crippen molar-refractivity contribution >= 4 is 132 Å². The van der Waals surface area contributed by atoms with Gasteiger partial charge in [-0.1, -0.05) is 93.9 Å². The Morgan fingerprint density at radius 2 is 0.804 bits per heavy atom. The quantitative estimate of drug-likeness (QED) is 0.0868. The third kappa shape index (κ3) is 15.2. The van der Waals surface area contributed by atoms with Crippen molar-refractivity contribution in [3.05, 3.63) is 249 Å². The van der Waals surface area contributed by atoms with Gasteiger partial charge in [-0.3, -0.25) is 29.3 Å². The van der Waals surface area contributed by atoms with Gasteiger partial charge in [0, 0.05) is 107 Å². The number of methoxy groups -OCH3 is 5. The molecular weight excluding hydrogens is 1390 g/mol. The van der Waals surface area contributed by atoms with Crippen LogP contribution in [-0.2, 0) is 51.8 Å². The number of benzene rings is 8. The van der Waals surface area contributed by atoms with Gasteiger partial charge in [0.15, 0.2) is 17.2 Å². The van der Waals surface area contributed by atoms with E-state index in [-0.39, 0.29) is 35.6 Å². The fourth-order valence-electron chi connectivity index (χ4n) is 11.7. The van der Waals surface area contributed by atoms with Gasteiger partial charge < -0.3 is 53.4 Å². The first kappa shape index (κ1) is 69.2. The van der Waals surface area contributed by atoms with E-state index >= 15 is 0 Å². The van der Waals surface area contributed by atoms with Crippen molar-refractivity contribution in [3.8, 4) is 46.0 Å². The van der Waals surface area contributed by atoms with E-state index in [1.807, 2.05) is 78.9 Å². The van der Waals surface area contributed by atoms with Crippen molar-refractivity contribution in [3.63, 3.8) is 0 Å². The summed E-state index contributed by atoms with van der Waals surface area (Å²) in [6, 6.07) is 42.0. The van der Waals surface area contributed by atoms with Crippen LogP contribution in [-0.4, -0.2) is 83.1 Å². The van der Waals surface area contributed by atoms with Crippen LogP contribution in [0.1, 0.15) is 75.6 Å². The minimum atomic E-state index is -0.278. The second-order valence-electron chi connectivity index (χ2n) is 22.1. The number of alkyl halides is 1. The van der Waals surface area contributed by atoms with Gasteiger partial charge in [0.1, 0.15) is 58.5 Å². The summed E-state index contributed by atoms with van der Waals surface area (Å²) in [5.74, 6) is 4.05. The molecule has 3 aromatic heterocycles. The molecule has 496 valence electrons. The maximum Gasteiger partial charge on any atom is 0.258 e. The topological polar surface area (TPSA) is 193 Å². The standard InChI is InChI=1S/C27H22Cl2N2O4.C20H18N2O4.C19H14Cl2N2O3.C7H5Cl3/c1-33-20-7-5-16(6-8-20)15-35-26-23-22(25(34-2)21-4-3-9-30-24(21)26)14-31(27(23)32)13-17-10-18(28)12-19(29)11-17;1-24-13-7-5-12(6-8-13)11-26-19-16-15(10-22-20(16)23)18(25-2)14-4-3-9-21-17(14)19;1-26-18-13-3-2-4-22-16(13)17(24)15-14(18)9-23(19(15)25)8-10-5-11(20)7-12(21)6-10;8-4-5-1-6(9)3-7(10)2-5/h3-12H,13-15H2,1-2H3;3-9H,10-11H2,1-2H3,(H,22,23);2-7,24H,8-9H2,1H3;1-3H,4H2. The van der Waals surface area contributed by atoms with E-state index in [0.29, 0.717) is 143 Å². The molecule has 3 aliphatic heterocycles. The second-order valence-corrected chi connectivity index (χ2v) is 25.0. The molecule has 0 bridgehead atoms. The van der Waals surface area contributed by atoms with E-state index in [1.54, 1.807) is 125 Å². The first-order valence-electron chi connectivity index (χ1n) is 29.8. The minimum absolute atomic E-state index is 0.118. The van der Waals surface area contributed by atoms with E-state index < -0.39 is 0 Å². The lowest BCUT2D eigenvalue weighted by Crippen LogP contribution is -2.23. The number of nitrogens with one attached hydrogen (secondary N) is 1. The Balaban J connectivity index is 0.000000139. The normalized spacial score (nSPS) is 12.6. The summed E-state index contributed by atoms with van der Waals surface area (Å²) in [4.78, 5) is 55.5. The number of hydrogen-bond donors (Lipinski definition) is 2. The number of carbonyl (C=O) groups is 3. The summed E-state index contributed by atoms with van der Waals surface area (Å²) in [7, 11) is 8.00. The van der Waals surface area contributed by atoms with Gasteiger partial charge >= 0.3 is 0 Å².